The van der Waals surface area contributed by atoms with Crippen molar-refractivity contribution in [1.82, 2.24) is 15.3 Å². The van der Waals surface area contributed by atoms with Crippen LogP contribution in [0.3, 0.4) is 0 Å². The Bertz CT molecular complexity index is 679. The summed E-state index contributed by atoms with van der Waals surface area (Å²) in [6, 6.07) is 0. The van der Waals surface area contributed by atoms with Crippen LogP contribution in [0.4, 0.5) is 5.82 Å². The van der Waals surface area contributed by atoms with E-state index in [0.717, 1.165) is 47.6 Å². The van der Waals surface area contributed by atoms with Crippen molar-refractivity contribution < 1.29 is 9.53 Å². The number of aryl methyl sites for hydroxylation is 1. The van der Waals surface area contributed by atoms with Gasteiger partial charge in [0.25, 0.3) is 5.91 Å². The zero-order chi connectivity index (χ0) is 15.5. The van der Waals surface area contributed by atoms with Crippen LogP contribution in [0.1, 0.15) is 35.0 Å². The van der Waals surface area contributed by atoms with Gasteiger partial charge < -0.3 is 15.4 Å². The van der Waals surface area contributed by atoms with Gasteiger partial charge in [0.1, 0.15) is 17.0 Å². The summed E-state index contributed by atoms with van der Waals surface area (Å²) in [4.78, 5) is 22.5. The van der Waals surface area contributed by atoms with Gasteiger partial charge in [-0.15, -0.1) is 11.3 Å². The molecule has 0 bridgehead atoms. The number of rotatable bonds is 5. The fourth-order valence-electron chi connectivity index (χ4n) is 2.68. The van der Waals surface area contributed by atoms with E-state index in [1.54, 1.807) is 0 Å². The van der Waals surface area contributed by atoms with Crippen LogP contribution in [-0.2, 0) is 4.74 Å². The van der Waals surface area contributed by atoms with Gasteiger partial charge in [-0.25, -0.2) is 9.97 Å². The molecule has 2 aromatic heterocycles. The number of hydrogen-bond donors (Lipinski definition) is 2. The average molecular weight is 320 g/mol. The highest BCUT2D eigenvalue weighted by molar-refractivity contribution is 7.20. The minimum absolute atomic E-state index is 0.0570. The quantitative estimate of drug-likeness (QED) is 0.884. The van der Waals surface area contributed by atoms with E-state index in [1.165, 1.54) is 17.7 Å². The first-order chi connectivity index (χ1) is 10.7. The number of carbonyl (C=O) groups is 1. The maximum absolute atomic E-state index is 12.4. The summed E-state index contributed by atoms with van der Waals surface area (Å²) in [5.41, 5.74) is 0.932. The first-order valence-electron chi connectivity index (χ1n) is 7.58. The Morgan fingerprint density at radius 2 is 2.36 bits per heavy atom. The second-order valence-corrected chi connectivity index (χ2v) is 6.33. The molecule has 118 valence electrons. The summed E-state index contributed by atoms with van der Waals surface area (Å²) in [5, 5.41) is 7.14. The third-order valence-electron chi connectivity index (χ3n) is 3.79. The van der Waals surface area contributed by atoms with Gasteiger partial charge in [0.2, 0.25) is 0 Å². The molecule has 1 unspecified atom stereocenters. The number of carbonyl (C=O) groups excluding carboxylic acids is 1. The smallest absolute Gasteiger partial charge is 0.261 e. The van der Waals surface area contributed by atoms with Gasteiger partial charge in [-0.05, 0) is 32.3 Å². The monoisotopic (exact) mass is 320 g/mol. The summed E-state index contributed by atoms with van der Waals surface area (Å²) in [5.74, 6) is 0.734. The van der Waals surface area contributed by atoms with E-state index < -0.39 is 0 Å². The average Bonchev–Trinajstić information content (AvgIpc) is 3.14. The highest BCUT2D eigenvalue weighted by atomic mass is 32.1. The molecule has 0 radical (unpaired) electrons. The summed E-state index contributed by atoms with van der Waals surface area (Å²) in [6.45, 7) is 6.11. The molecule has 2 aromatic rings. The molecule has 0 aliphatic carbocycles. The number of fused-ring (bicyclic) bond motifs is 1. The molecule has 1 atom stereocenters. The molecule has 6 nitrogen and oxygen atoms in total. The molecule has 7 heteroatoms. The molecule has 1 aliphatic heterocycles. The molecule has 3 rings (SSSR count). The van der Waals surface area contributed by atoms with Crippen LogP contribution in [0, 0.1) is 6.92 Å². The zero-order valence-electron chi connectivity index (χ0n) is 12.8. The van der Waals surface area contributed by atoms with Gasteiger partial charge in [-0.3, -0.25) is 4.79 Å². The Balaban J connectivity index is 1.82. The Morgan fingerprint density at radius 1 is 1.50 bits per heavy atom. The fourth-order valence-corrected chi connectivity index (χ4v) is 3.75. The lowest BCUT2D eigenvalue weighted by Gasteiger charge is -2.10. The van der Waals surface area contributed by atoms with Crippen molar-refractivity contribution in [2.45, 2.75) is 32.8 Å². The Hall–Kier alpha value is -1.73. The number of thiophene rings is 1. The van der Waals surface area contributed by atoms with Crippen molar-refractivity contribution in [2.24, 2.45) is 0 Å². The Kier molecular flexibility index (Phi) is 4.54. The number of nitrogens with zero attached hydrogens (tertiary/aromatic N) is 2. The van der Waals surface area contributed by atoms with Crippen LogP contribution in [0.15, 0.2) is 6.33 Å². The van der Waals surface area contributed by atoms with Crippen molar-refractivity contribution >= 4 is 33.3 Å². The van der Waals surface area contributed by atoms with E-state index in [0.29, 0.717) is 11.4 Å². The first-order valence-corrected chi connectivity index (χ1v) is 8.40. The molecule has 1 amide bonds. The molecule has 1 fully saturated rings. The van der Waals surface area contributed by atoms with Crippen LogP contribution in [0.25, 0.3) is 10.2 Å². The molecule has 1 aliphatic rings. The molecule has 0 spiro atoms. The summed E-state index contributed by atoms with van der Waals surface area (Å²) < 4.78 is 5.54. The molecule has 22 heavy (non-hydrogen) atoms. The molecular formula is C15H20N4O2S. The lowest BCUT2D eigenvalue weighted by atomic mass is 10.2. The van der Waals surface area contributed by atoms with Crippen LogP contribution < -0.4 is 10.6 Å². The number of anilines is 1. The summed E-state index contributed by atoms with van der Waals surface area (Å²) in [6.07, 6.45) is 3.77. The topological polar surface area (TPSA) is 76.1 Å². The molecule has 0 aromatic carbocycles. The standard InChI is InChI=1S/C15H20N4O2S/c1-3-16-13-11-9(2)12(22-15(11)19-8-18-13)14(20)17-7-10-5-4-6-21-10/h8,10H,3-7H2,1-2H3,(H,17,20)(H,16,18,19). The highest BCUT2D eigenvalue weighted by Crippen LogP contribution is 2.33. The van der Waals surface area contributed by atoms with E-state index in [-0.39, 0.29) is 12.0 Å². The van der Waals surface area contributed by atoms with Crippen molar-refractivity contribution in [3.8, 4) is 0 Å². The van der Waals surface area contributed by atoms with Gasteiger partial charge in [-0.2, -0.15) is 0 Å². The first kappa shape index (κ1) is 15.2. The van der Waals surface area contributed by atoms with Crippen LogP contribution in [-0.4, -0.2) is 41.7 Å². The molecular weight excluding hydrogens is 300 g/mol. The lowest BCUT2D eigenvalue weighted by molar-refractivity contribution is 0.0860. The summed E-state index contributed by atoms with van der Waals surface area (Å²) >= 11 is 1.41. The number of hydrogen-bond acceptors (Lipinski definition) is 6. The number of aromatic nitrogens is 2. The number of nitrogens with one attached hydrogen (secondary N) is 2. The van der Waals surface area contributed by atoms with Crippen molar-refractivity contribution in [3.05, 3.63) is 16.8 Å². The minimum Gasteiger partial charge on any atom is -0.376 e. The van der Waals surface area contributed by atoms with Crippen LogP contribution in [0.2, 0.25) is 0 Å². The van der Waals surface area contributed by atoms with Crippen LogP contribution in [0.5, 0.6) is 0 Å². The molecule has 0 saturated carbocycles. The van der Waals surface area contributed by atoms with Gasteiger partial charge in [-0.1, -0.05) is 0 Å². The van der Waals surface area contributed by atoms with E-state index in [1.807, 2.05) is 13.8 Å². The maximum Gasteiger partial charge on any atom is 0.261 e. The number of ether oxygens (including phenoxy) is 1. The highest BCUT2D eigenvalue weighted by Gasteiger charge is 2.21. The predicted molar refractivity (Wildman–Crippen MR) is 87.6 cm³/mol. The van der Waals surface area contributed by atoms with Gasteiger partial charge in [0, 0.05) is 19.7 Å². The van der Waals surface area contributed by atoms with Crippen molar-refractivity contribution in [3.63, 3.8) is 0 Å². The van der Waals surface area contributed by atoms with Gasteiger partial charge >= 0.3 is 0 Å². The van der Waals surface area contributed by atoms with E-state index in [2.05, 4.69) is 20.6 Å². The fraction of sp³-hybridized carbons (Fsp3) is 0.533. The third kappa shape index (κ3) is 2.91. The number of amides is 1. The Labute approximate surface area is 133 Å². The second kappa shape index (κ2) is 6.58. The maximum atomic E-state index is 12.4. The second-order valence-electron chi connectivity index (χ2n) is 5.33. The predicted octanol–water partition coefficient (Wildman–Crippen LogP) is 2.34. The summed E-state index contributed by atoms with van der Waals surface area (Å²) in [7, 11) is 0. The largest absolute Gasteiger partial charge is 0.376 e. The van der Waals surface area contributed by atoms with E-state index >= 15 is 0 Å². The molecule has 1 saturated heterocycles. The van der Waals surface area contributed by atoms with Gasteiger partial charge in [0.15, 0.2) is 0 Å². The SMILES string of the molecule is CCNc1ncnc2sc(C(=O)NCC3CCCO3)c(C)c12. The van der Waals surface area contributed by atoms with Gasteiger partial charge in [0.05, 0.1) is 16.4 Å². The normalized spacial score (nSPS) is 17.8. The molecule has 2 N–H and O–H groups in total. The van der Waals surface area contributed by atoms with Crippen molar-refractivity contribution in [1.29, 1.82) is 0 Å². The van der Waals surface area contributed by atoms with E-state index in [4.69, 9.17) is 4.74 Å². The van der Waals surface area contributed by atoms with E-state index in [9.17, 15) is 4.79 Å². The molecule has 3 heterocycles. The Morgan fingerprint density at radius 3 is 3.09 bits per heavy atom. The lowest BCUT2D eigenvalue weighted by Crippen LogP contribution is -2.31. The van der Waals surface area contributed by atoms with Crippen LogP contribution >= 0.6 is 11.3 Å². The third-order valence-corrected chi connectivity index (χ3v) is 4.99. The van der Waals surface area contributed by atoms with Crippen molar-refractivity contribution in [2.75, 3.05) is 25.0 Å². The zero-order valence-corrected chi connectivity index (χ0v) is 13.6. The minimum atomic E-state index is -0.0570.